The standard InChI is InChI=1S/C27H19Cl2NO5/c1-30-22-10-11-24-20(9-12-25(31)35-24)26(22)21(14-34-27(32)16-3-2-4-18(29)13-16)23(30)15-33-19-7-5-17(28)6-8-19/h2-13H,14-15H2,1H3. The summed E-state index contributed by atoms with van der Waals surface area (Å²) in [6.07, 6.45) is 0. The maximum absolute atomic E-state index is 12.8. The number of hydrogen-bond acceptors (Lipinski definition) is 5. The molecule has 2 aromatic heterocycles. The van der Waals surface area contributed by atoms with E-state index in [1.165, 1.54) is 6.07 Å². The SMILES string of the molecule is Cn1c(COc2ccc(Cl)cc2)c(COC(=O)c2cccc(Cl)c2)c2c3ccc(=O)oc3ccc21. The molecule has 8 heteroatoms. The number of halogens is 2. The highest BCUT2D eigenvalue weighted by Gasteiger charge is 2.21. The Morgan fingerprint density at radius 3 is 2.51 bits per heavy atom. The molecule has 0 aliphatic heterocycles. The van der Waals surface area contributed by atoms with Crippen molar-refractivity contribution in [2.75, 3.05) is 0 Å². The lowest BCUT2D eigenvalue weighted by molar-refractivity contribution is 0.0472. The lowest BCUT2D eigenvalue weighted by Gasteiger charge is -2.11. The van der Waals surface area contributed by atoms with Crippen LogP contribution in [0.5, 0.6) is 5.75 Å². The van der Waals surface area contributed by atoms with Crippen LogP contribution in [0.15, 0.2) is 82.0 Å². The second kappa shape index (κ2) is 9.49. The van der Waals surface area contributed by atoms with Crippen LogP contribution in [0, 0.1) is 0 Å². The van der Waals surface area contributed by atoms with Crippen molar-refractivity contribution in [3.8, 4) is 5.75 Å². The van der Waals surface area contributed by atoms with E-state index in [-0.39, 0.29) is 13.2 Å². The minimum Gasteiger partial charge on any atom is -0.487 e. The second-order valence-electron chi connectivity index (χ2n) is 7.94. The number of fused-ring (bicyclic) bond motifs is 3. The van der Waals surface area contributed by atoms with Crippen molar-refractivity contribution in [1.29, 1.82) is 0 Å². The molecule has 0 bridgehead atoms. The van der Waals surface area contributed by atoms with Gasteiger partial charge in [-0.3, -0.25) is 0 Å². The fourth-order valence-corrected chi connectivity index (χ4v) is 4.40. The molecule has 0 atom stereocenters. The van der Waals surface area contributed by atoms with Gasteiger partial charge in [0, 0.05) is 45.0 Å². The molecule has 0 saturated heterocycles. The van der Waals surface area contributed by atoms with Gasteiger partial charge in [0.1, 0.15) is 24.5 Å². The van der Waals surface area contributed by atoms with E-state index in [0.717, 1.165) is 27.5 Å². The molecule has 176 valence electrons. The molecule has 0 saturated carbocycles. The maximum Gasteiger partial charge on any atom is 0.338 e. The summed E-state index contributed by atoms with van der Waals surface area (Å²) in [4.78, 5) is 24.5. The van der Waals surface area contributed by atoms with Crippen LogP contribution in [0.4, 0.5) is 0 Å². The number of esters is 1. The number of ether oxygens (including phenoxy) is 2. The van der Waals surface area contributed by atoms with E-state index in [0.29, 0.717) is 26.9 Å². The summed E-state index contributed by atoms with van der Waals surface area (Å²) in [5, 5.41) is 2.62. The molecule has 0 spiro atoms. The van der Waals surface area contributed by atoms with E-state index < -0.39 is 11.6 Å². The molecule has 3 aromatic carbocycles. The number of rotatable bonds is 6. The Bertz CT molecular complexity index is 1620. The minimum absolute atomic E-state index is 0.0137. The number of carbonyl (C=O) groups is 1. The first-order chi connectivity index (χ1) is 16.9. The molecular formula is C27H19Cl2NO5. The van der Waals surface area contributed by atoms with E-state index >= 15 is 0 Å². The van der Waals surface area contributed by atoms with Crippen LogP contribution in [-0.4, -0.2) is 10.5 Å². The van der Waals surface area contributed by atoms with Gasteiger partial charge in [0.15, 0.2) is 0 Å². The number of benzene rings is 3. The van der Waals surface area contributed by atoms with Crippen molar-refractivity contribution in [2.45, 2.75) is 13.2 Å². The van der Waals surface area contributed by atoms with Gasteiger partial charge in [0.05, 0.1) is 11.3 Å². The molecule has 0 radical (unpaired) electrons. The van der Waals surface area contributed by atoms with Crippen molar-refractivity contribution in [2.24, 2.45) is 7.05 Å². The fraction of sp³-hybridized carbons (Fsp3) is 0.111. The molecule has 5 rings (SSSR count). The molecule has 0 amide bonds. The van der Waals surface area contributed by atoms with Crippen LogP contribution in [-0.2, 0) is 25.0 Å². The van der Waals surface area contributed by atoms with Gasteiger partial charge in [0.25, 0.3) is 0 Å². The maximum atomic E-state index is 12.8. The minimum atomic E-state index is -0.499. The zero-order chi connectivity index (χ0) is 24.5. The van der Waals surface area contributed by atoms with Crippen molar-refractivity contribution >= 4 is 51.0 Å². The van der Waals surface area contributed by atoms with Crippen LogP contribution < -0.4 is 10.4 Å². The Labute approximate surface area is 210 Å². The van der Waals surface area contributed by atoms with E-state index in [4.69, 9.17) is 37.1 Å². The summed E-state index contributed by atoms with van der Waals surface area (Å²) in [6.45, 7) is 0.204. The molecule has 2 heterocycles. The van der Waals surface area contributed by atoms with Gasteiger partial charge >= 0.3 is 11.6 Å². The molecule has 0 unspecified atom stereocenters. The Morgan fingerprint density at radius 1 is 0.943 bits per heavy atom. The molecule has 5 aromatic rings. The van der Waals surface area contributed by atoms with Crippen molar-refractivity contribution < 1.29 is 18.7 Å². The predicted octanol–water partition coefficient (Wildman–Crippen LogP) is 6.53. The first-order valence-corrected chi connectivity index (χ1v) is 11.5. The normalized spacial score (nSPS) is 11.2. The van der Waals surface area contributed by atoms with Crippen molar-refractivity contribution in [3.63, 3.8) is 0 Å². The Hall–Kier alpha value is -3.74. The van der Waals surface area contributed by atoms with Crippen LogP contribution >= 0.6 is 23.2 Å². The fourth-order valence-electron chi connectivity index (χ4n) is 4.08. The number of carbonyl (C=O) groups excluding carboxylic acids is 1. The number of aryl methyl sites for hydroxylation is 1. The number of aromatic nitrogens is 1. The van der Waals surface area contributed by atoms with Gasteiger partial charge in [-0.25, -0.2) is 9.59 Å². The van der Waals surface area contributed by atoms with Gasteiger partial charge in [-0.2, -0.15) is 0 Å². The monoisotopic (exact) mass is 507 g/mol. The topological polar surface area (TPSA) is 70.7 Å². The Balaban J connectivity index is 1.57. The molecular weight excluding hydrogens is 489 g/mol. The van der Waals surface area contributed by atoms with Crippen LogP contribution in [0.25, 0.3) is 21.9 Å². The summed E-state index contributed by atoms with van der Waals surface area (Å²) in [5.41, 5.74) is 2.82. The smallest absolute Gasteiger partial charge is 0.338 e. The number of hydrogen-bond donors (Lipinski definition) is 0. The molecule has 0 fully saturated rings. The van der Waals surface area contributed by atoms with Gasteiger partial charge in [-0.15, -0.1) is 0 Å². The van der Waals surface area contributed by atoms with E-state index in [2.05, 4.69) is 0 Å². The highest BCUT2D eigenvalue weighted by molar-refractivity contribution is 6.31. The second-order valence-corrected chi connectivity index (χ2v) is 8.81. The first-order valence-electron chi connectivity index (χ1n) is 10.7. The van der Waals surface area contributed by atoms with Crippen LogP contribution in [0.2, 0.25) is 10.0 Å². The van der Waals surface area contributed by atoms with Crippen molar-refractivity contribution in [3.05, 3.63) is 110 Å². The zero-order valence-corrected chi connectivity index (χ0v) is 20.1. The average molecular weight is 508 g/mol. The Kier molecular flexibility index (Phi) is 6.24. The third kappa shape index (κ3) is 4.63. The zero-order valence-electron chi connectivity index (χ0n) is 18.6. The summed E-state index contributed by atoms with van der Waals surface area (Å²) >= 11 is 12.0. The van der Waals surface area contributed by atoms with Crippen LogP contribution in [0.3, 0.4) is 0 Å². The summed E-state index contributed by atoms with van der Waals surface area (Å²) in [5.74, 6) is 0.151. The van der Waals surface area contributed by atoms with E-state index in [1.54, 1.807) is 60.7 Å². The molecule has 0 N–H and O–H groups in total. The molecule has 0 aliphatic rings. The third-order valence-corrected chi connectivity index (χ3v) is 6.28. The molecule has 6 nitrogen and oxygen atoms in total. The molecule has 0 aliphatic carbocycles. The average Bonchev–Trinajstić information content (AvgIpc) is 3.12. The van der Waals surface area contributed by atoms with Gasteiger partial charge in [0.2, 0.25) is 0 Å². The predicted molar refractivity (Wildman–Crippen MR) is 135 cm³/mol. The quantitative estimate of drug-likeness (QED) is 0.193. The number of nitrogens with zero attached hydrogens (tertiary/aromatic N) is 1. The largest absolute Gasteiger partial charge is 0.487 e. The Morgan fingerprint density at radius 2 is 1.74 bits per heavy atom. The highest BCUT2D eigenvalue weighted by atomic mass is 35.5. The lowest BCUT2D eigenvalue weighted by atomic mass is 10.1. The van der Waals surface area contributed by atoms with Crippen molar-refractivity contribution in [1.82, 2.24) is 4.57 Å². The highest BCUT2D eigenvalue weighted by Crippen LogP contribution is 2.33. The summed E-state index contributed by atoms with van der Waals surface area (Å²) in [7, 11) is 1.91. The van der Waals surface area contributed by atoms with Gasteiger partial charge in [-0.1, -0.05) is 29.3 Å². The van der Waals surface area contributed by atoms with Gasteiger partial charge < -0.3 is 18.5 Å². The lowest BCUT2D eigenvalue weighted by Crippen LogP contribution is -2.09. The van der Waals surface area contributed by atoms with Crippen LogP contribution in [0.1, 0.15) is 21.6 Å². The molecule has 35 heavy (non-hydrogen) atoms. The van der Waals surface area contributed by atoms with E-state index in [9.17, 15) is 9.59 Å². The third-order valence-electron chi connectivity index (χ3n) is 5.79. The summed E-state index contributed by atoms with van der Waals surface area (Å²) in [6, 6.07) is 20.4. The van der Waals surface area contributed by atoms with E-state index in [1.807, 2.05) is 17.7 Å². The van der Waals surface area contributed by atoms with Gasteiger partial charge in [-0.05, 0) is 60.7 Å². The first kappa shape index (κ1) is 23.0. The summed E-state index contributed by atoms with van der Waals surface area (Å²) < 4.78 is 19.1.